The number of esters is 4. The van der Waals surface area contributed by atoms with E-state index in [2.05, 4.69) is 75.8 Å². The number of thiol groups is 6. The second-order valence-electron chi connectivity index (χ2n) is 15.9. The van der Waals surface area contributed by atoms with Crippen LogP contribution in [0.5, 0.6) is 0 Å². The van der Waals surface area contributed by atoms with Crippen LogP contribution in [0.1, 0.15) is 187 Å². The van der Waals surface area contributed by atoms with Crippen molar-refractivity contribution in [1.29, 1.82) is 0 Å². The Hall–Kier alpha value is -0.0600. The minimum atomic E-state index is -1.62. The van der Waals surface area contributed by atoms with Gasteiger partial charge in [-0.2, -0.15) is 37.9 Å². The Bertz CT molecular complexity index is 1050. The van der Waals surface area contributed by atoms with Crippen LogP contribution < -0.4 is 0 Å². The maximum Gasteiger partial charge on any atom is 0.342 e. The van der Waals surface area contributed by atoms with Crippen molar-refractivity contribution < 1.29 is 42.9 Å². The maximum absolute atomic E-state index is 13.0. The summed E-state index contributed by atoms with van der Waals surface area (Å²) in [7, 11) is 0. The molecule has 2 atom stereocenters. The minimum absolute atomic E-state index is 0.0145. The average Bonchev–Trinajstić information content (AvgIpc) is 3.21. The molecule has 0 aliphatic rings. The predicted molar refractivity (Wildman–Crippen MR) is 262 cm³/mol. The van der Waals surface area contributed by atoms with Crippen molar-refractivity contribution >= 4 is 99.6 Å². The van der Waals surface area contributed by atoms with Crippen LogP contribution in [0, 0.1) is 5.41 Å². The van der Waals surface area contributed by atoms with Crippen LogP contribution in [-0.4, -0.2) is 83.7 Å². The lowest BCUT2D eigenvalue weighted by atomic mass is 9.88. The molecule has 9 nitrogen and oxygen atoms in total. The van der Waals surface area contributed by atoms with E-state index in [1.54, 1.807) is 0 Å². The molecule has 0 saturated heterocycles. The van der Waals surface area contributed by atoms with Gasteiger partial charge in [0.15, 0.2) is 9.52 Å². The zero-order chi connectivity index (χ0) is 43.9. The highest BCUT2D eigenvalue weighted by molar-refractivity contribution is 8.18. The average molecular weight is 948 g/mol. The van der Waals surface area contributed by atoms with E-state index < -0.39 is 20.9 Å². The zero-order valence-corrected chi connectivity index (χ0v) is 41.8. The van der Waals surface area contributed by atoms with Gasteiger partial charge >= 0.3 is 23.9 Å². The van der Waals surface area contributed by atoms with Gasteiger partial charge in [0.05, 0.1) is 18.6 Å². The Morgan fingerprint density at radius 1 is 0.441 bits per heavy atom. The van der Waals surface area contributed by atoms with Crippen molar-refractivity contribution in [2.45, 2.75) is 196 Å². The Morgan fingerprint density at radius 2 is 0.797 bits per heavy atom. The van der Waals surface area contributed by atoms with Crippen LogP contribution in [0.3, 0.4) is 0 Å². The molecule has 0 spiro atoms. The lowest BCUT2D eigenvalue weighted by Gasteiger charge is -2.32. The second-order valence-corrected chi connectivity index (χ2v) is 20.4. The number of hydrogen-bond acceptors (Lipinski definition) is 15. The van der Waals surface area contributed by atoms with Crippen LogP contribution in [0.15, 0.2) is 0 Å². The summed E-state index contributed by atoms with van der Waals surface area (Å²) in [4.78, 5) is 51.0. The van der Waals surface area contributed by atoms with E-state index in [-0.39, 0.29) is 57.4 Å². The van der Waals surface area contributed by atoms with E-state index in [0.29, 0.717) is 25.7 Å². The molecular formula is C44H82O9S6. The lowest BCUT2D eigenvalue weighted by Crippen LogP contribution is -2.41. The first-order valence-electron chi connectivity index (χ1n) is 22.7. The van der Waals surface area contributed by atoms with Crippen LogP contribution in [0.2, 0.25) is 0 Å². The third-order valence-corrected chi connectivity index (χ3v) is 11.9. The van der Waals surface area contributed by atoms with Gasteiger partial charge in [-0.15, -0.1) is 37.9 Å². The molecule has 0 bridgehead atoms. The number of ether oxygens (including phenoxy) is 5. The Morgan fingerprint density at radius 3 is 1.19 bits per heavy atom. The summed E-state index contributed by atoms with van der Waals surface area (Å²) >= 11 is 25.1. The molecule has 0 saturated carbocycles. The summed E-state index contributed by atoms with van der Waals surface area (Å²) in [5.41, 5.74) is -0.913. The van der Waals surface area contributed by atoms with Gasteiger partial charge in [-0.25, -0.2) is 4.79 Å². The van der Waals surface area contributed by atoms with Crippen molar-refractivity contribution in [3.63, 3.8) is 0 Å². The highest BCUT2D eigenvalue weighted by Crippen LogP contribution is 2.30. The van der Waals surface area contributed by atoms with Crippen LogP contribution in [0.25, 0.3) is 0 Å². The van der Waals surface area contributed by atoms with Gasteiger partial charge in [0.25, 0.3) is 0 Å². The monoisotopic (exact) mass is 946 g/mol. The second kappa shape index (κ2) is 40.7. The summed E-state index contributed by atoms with van der Waals surface area (Å²) in [6, 6.07) is 0. The summed E-state index contributed by atoms with van der Waals surface area (Å²) in [5, 5.41) is 0. The summed E-state index contributed by atoms with van der Waals surface area (Å²) < 4.78 is 27.2. The molecule has 15 heteroatoms. The smallest absolute Gasteiger partial charge is 0.342 e. The van der Waals surface area contributed by atoms with Crippen LogP contribution in [0.4, 0.5) is 0 Å². The van der Waals surface area contributed by atoms with E-state index in [4.69, 9.17) is 23.7 Å². The standard InChI is InChI=1S/C44H82O9S6/c1-2-43(37-52-42(48)44(57,58)59,36-51-40(46)28-22-16-10-4-7-13-19-25-31-55)35-49-33-38(53-41(47)29-23-17-11-5-8-14-20-26-32-56)34-50-39(45)27-21-15-9-3-6-12-18-24-30-54/h38,54-59H,2-37H2,1H3. The molecule has 0 N–H and O–H groups in total. The fourth-order valence-electron chi connectivity index (χ4n) is 6.40. The number of unbranched alkanes of at least 4 members (excludes halogenated alkanes) is 21. The highest BCUT2D eigenvalue weighted by Gasteiger charge is 2.36. The van der Waals surface area contributed by atoms with Gasteiger partial charge < -0.3 is 23.7 Å². The topological polar surface area (TPSA) is 114 Å². The first-order valence-corrected chi connectivity index (χ1v) is 25.9. The number of carbonyl (C=O) groups is 4. The summed E-state index contributed by atoms with van der Waals surface area (Å²) in [6.45, 7) is 1.51. The summed E-state index contributed by atoms with van der Waals surface area (Å²) in [5.74, 6) is 0.988. The van der Waals surface area contributed by atoms with Crippen molar-refractivity contribution in [1.82, 2.24) is 0 Å². The van der Waals surface area contributed by atoms with Gasteiger partial charge in [-0.3, -0.25) is 14.4 Å². The first-order chi connectivity index (χ1) is 28.4. The molecular weight excluding hydrogens is 865 g/mol. The van der Waals surface area contributed by atoms with Crippen molar-refractivity contribution in [3.8, 4) is 0 Å². The van der Waals surface area contributed by atoms with E-state index in [1.165, 1.54) is 57.8 Å². The van der Waals surface area contributed by atoms with Gasteiger partial charge in [-0.05, 0) is 62.2 Å². The molecule has 2 unspecified atom stereocenters. The molecule has 348 valence electrons. The quantitative estimate of drug-likeness (QED) is 0.0117. The van der Waals surface area contributed by atoms with E-state index in [9.17, 15) is 19.2 Å². The molecule has 0 aromatic carbocycles. The Kier molecular flexibility index (Phi) is 40.7. The fraction of sp³-hybridized carbons (Fsp3) is 0.909. The largest absolute Gasteiger partial charge is 0.465 e. The van der Waals surface area contributed by atoms with Crippen molar-refractivity contribution in [3.05, 3.63) is 0 Å². The normalized spacial score (nSPS) is 13.1. The van der Waals surface area contributed by atoms with Crippen LogP contribution >= 0.6 is 75.8 Å². The highest BCUT2D eigenvalue weighted by atomic mass is 32.2. The lowest BCUT2D eigenvalue weighted by molar-refractivity contribution is -0.167. The van der Waals surface area contributed by atoms with Gasteiger partial charge in [0.2, 0.25) is 0 Å². The molecule has 0 aromatic rings. The Labute approximate surface area is 392 Å². The SMILES string of the molecule is CCC(COCC(COC(=O)CCCCCCCCCCS)OC(=O)CCCCCCCCCCS)(COC(=O)CCCCCCCCCCS)COC(=O)C(S)(S)S. The summed E-state index contributed by atoms with van der Waals surface area (Å²) in [6.07, 6.45) is 26.5. The molecule has 0 aliphatic heterocycles. The molecule has 0 rings (SSSR count). The number of hydrogen-bond donors (Lipinski definition) is 6. The van der Waals surface area contributed by atoms with E-state index >= 15 is 0 Å². The van der Waals surface area contributed by atoms with Crippen molar-refractivity contribution in [2.24, 2.45) is 5.41 Å². The third-order valence-electron chi connectivity index (χ3n) is 10.4. The molecule has 0 radical (unpaired) electrons. The van der Waals surface area contributed by atoms with Crippen LogP contribution in [-0.2, 0) is 42.9 Å². The molecule has 0 fully saturated rings. The molecule has 0 aromatic heterocycles. The molecule has 0 amide bonds. The first kappa shape index (κ1) is 58.9. The van der Waals surface area contributed by atoms with Gasteiger partial charge in [0.1, 0.15) is 19.8 Å². The number of carbonyl (C=O) groups excluding carboxylic acids is 4. The minimum Gasteiger partial charge on any atom is -0.465 e. The third kappa shape index (κ3) is 37.1. The molecule has 0 aliphatic carbocycles. The number of rotatable bonds is 43. The fourth-order valence-corrected chi connectivity index (χ4v) is 7.27. The molecule has 0 heterocycles. The Balaban J connectivity index is 5.30. The predicted octanol–water partition coefficient (Wildman–Crippen LogP) is 11.7. The van der Waals surface area contributed by atoms with Gasteiger partial charge in [-0.1, -0.05) is 122 Å². The van der Waals surface area contributed by atoms with Gasteiger partial charge in [0, 0.05) is 19.3 Å². The zero-order valence-electron chi connectivity index (χ0n) is 36.4. The van der Waals surface area contributed by atoms with E-state index in [1.807, 2.05) is 6.92 Å². The molecule has 59 heavy (non-hydrogen) atoms. The van der Waals surface area contributed by atoms with E-state index in [0.717, 1.165) is 107 Å². The van der Waals surface area contributed by atoms with Crippen molar-refractivity contribution in [2.75, 3.05) is 50.3 Å². The maximum atomic E-state index is 13.0.